The summed E-state index contributed by atoms with van der Waals surface area (Å²) in [4.78, 5) is 24.9. The first-order valence-corrected chi connectivity index (χ1v) is 9.72. The van der Waals surface area contributed by atoms with Crippen molar-refractivity contribution < 1.29 is 9.59 Å². The minimum Gasteiger partial charge on any atom is -0.351 e. The number of nitrogens with zero attached hydrogens (tertiary/aromatic N) is 1. The Morgan fingerprint density at radius 3 is 2.42 bits per heavy atom. The molecule has 2 amide bonds. The van der Waals surface area contributed by atoms with Gasteiger partial charge in [-0.05, 0) is 68.2 Å². The second-order valence-electron chi connectivity index (χ2n) is 8.88. The Kier molecular flexibility index (Phi) is 4.63. The highest BCUT2D eigenvalue weighted by Crippen LogP contribution is 2.58. The van der Waals surface area contributed by atoms with E-state index in [-0.39, 0.29) is 16.7 Å². The van der Waals surface area contributed by atoms with E-state index in [1.54, 1.807) is 6.92 Å². The van der Waals surface area contributed by atoms with Gasteiger partial charge in [0.25, 0.3) is 0 Å². The number of hydrogen-bond donors (Lipinski definition) is 1. The van der Waals surface area contributed by atoms with Crippen LogP contribution in [0.3, 0.4) is 0 Å². The molecular formula is C21H29ClN2O2. The summed E-state index contributed by atoms with van der Waals surface area (Å²) in [6.45, 7) is 11.6. The van der Waals surface area contributed by atoms with E-state index >= 15 is 0 Å². The van der Waals surface area contributed by atoms with Crippen LogP contribution in [0.15, 0.2) is 12.1 Å². The van der Waals surface area contributed by atoms with Gasteiger partial charge in [-0.25, -0.2) is 0 Å². The molecule has 1 aromatic rings. The Labute approximate surface area is 161 Å². The van der Waals surface area contributed by atoms with Gasteiger partial charge in [-0.1, -0.05) is 24.6 Å². The molecule has 142 valence electrons. The third kappa shape index (κ3) is 2.83. The molecule has 1 aliphatic heterocycles. The van der Waals surface area contributed by atoms with E-state index in [0.29, 0.717) is 0 Å². The predicted octanol–water partition coefficient (Wildman–Crippen LogP) is 3.71. The topological polar surface area (TPSA) is 49.4 Å². The monoisotopic (exact) mass is 376 g/mol. The molecule has 3 rings (SSSR count). The number of carbonyl (C=O) groups is 2. The van der Waals surface area contributed by atoms with Crippen LogP contribution in [0.2, 0.25) is 5.02 Å². The van der Waals surface area contributed by atoms with Crippen LogP contribution in [0.1, 0.15) is 63.6 Å². The zero-order valence-electron chi connectivity index (χ0n) is 16.4. The minimum absolute atomic E-state index is 0.0206. The number of nitrogens with one attached hydrogen (secondary N) is 1. The van der Waals surface area contributed by atoms with Gasteiger partial charge in [-0.3, -0.25) is 9.59 Å². The van der Waals surface area contributed by atoms with Crippen LogP contribution >= 0.6 is 11.6 Å². The number of fused-ring (bicyclic) bond motifs is 2. The number of carbonyl (C=O) groups excluding carboxylic acids is 2. The molecule has 1 saturated heterocycles. The average molecular weight is 377 g/mol. The second-order valence-corrected chi connectivity index (χ2v) is 9.29. The number of amides is 2. The molecule has 5 heteroatoms. The fraction of sp³-hybridized carbons (Fsp3) is 0.619. The smallest absolute Gasteiger partial charge is 0.217 e. The van der Waals surface area contributed by atoms with Crippen LogP contribution in [0.5, 0.6) is 0 Å². The molecule has 0 bridgehead atoms. The molecular weight excluding hydrogens is 348 g/mol. The van der Waals surface area contributed by atoms with Gasteiger partial charge in [0.2, 0.25) is 12.3 Å². The van der Waals surface area contributed by atoms with E-state index in [4.69, 9.17) is 11.6 Å². The lowest BCUT2D eigenvalue weighted by atomic mass is 9.65. The highest BCUT2D eigenvalue weighted by Gasteiger charge is 2.56. The Morgan fingerprint density at radius 2 is 1.88 bits per heavy atom. The third-order valence-corrected chi connectivity index (χ3v) is 7.34. The van der Waals surface area contributed by atoms with Crippen LogP contribution in [-0.2, 0) is 20.4 Å². The van der Waals surface area contributed by atoms with Crippen LogP contribution in [0, 0.1) is 6.92 Å². The zero-order chi connectivity index (χ0) is 19.3. The first-order chi connectivity index (χ1) is 12.0. The largest absolute Gasteiger partial charge is 0.351 e. The molecule has 1 aliphatic carbocycles. The summed E-state index contributed by atoms with van der Waals surface area (Å²) in [5, 5.41) is 3.94. The Bertz CT molecular complexity index is 751. The maximum atomic E-state index is 11.9. The Balaban J connectivity index is 2.13. The molecule has 1 fully saturated rings. The van der Waals surface area contributed by atoms with Gasteiger partial charge in [-0.15, -0.1) is 0 Å². The van der Waals surface area contributed by atoms with E-state index in [1.807, 2.05) is 11.8 Å². The molecule has 0 saturated carbocycles. The van der Waals surface area contributed by atoms with Crippen molar-refractivity contribution in [2.75, 3.05) is 13.1 Å². The van der Waals surface area contributed by atoms with E-state index < -0.39 is 5.54 Å². The lowest BCUT2D eigenvalue weighted by molar-refractivity contribution is -0.122. The molecule has 1 N–H and O–H groups in total. The second kappa shape index (κ2) is 6.26. The number of aryl methyl sites for hydroxylation is 1. The Morgan fingerprint density at radius 1 is 1.27 bits per heavy atom. The molecule has 1 atom stereocenters. The van der Waals surface area contributed by atoms with Gasteiger partial charge >= 0.3 is 0 Å². The van der Waals surface area contributed by atoms with Crippen LogP contribution < -0.4 is 5.32 Å². The first kappa shape index (κ1) is 19.2. The molecule has 0 radical (unpaired) electrons. The van der Waals surface area contributed by atoms with Gasteiger partial charge < -0.3 is 10.2 Å². The van der Waals surface area contributed by atoms with Gasteiger partial charge in [0.05, 0.1) is 0 Å². The molecule has 4 nitrogen and oxygen atoms in total. The molecule has 0 aromatic heterocycles. The standard InChI is InChI=1S/C21H29ClN2O2/c1-14-10-17-16(11-18(14)22)20(5,19(3,4)23-15(2)26)12-21(17)6-8-24(13-25)9-7-21/h10-11,13H,6-9,12H2,1-5H3,(H,23,26)/t20-/m1/s1. The lowest BCUT2D eigenvalue weighted by Gasteiger charge is -2.45. The van der Waals surface area contributed by atoms with Crippen molar-refractivity contribution in [1.82, 2.24) is 10.2 Å². The molecule has 0 unspecified atom stereocenters. The van der Waals surface area contributed by atoms with Crippen molar-refractivity contribution >= 4 is 23.9 Å². The summed E-state index contributed by atoms with van der Waals surface area (Å²) in [7, 11) is 0. The normalized spacial score (nSPS) is 24.5. The van der Waals surface area contributed by atoms with Crippen LogP contribution in [-0.4, -0.2) is 35.8 Å². The summed E-state index contributed by atoms with van der Waals surface area (Å²) in [5.41, 5.74) is 3.09. The lowest BCUT2D eigenvalue weighted by Crippen LogP contribution is -2.57. The third-order valence-electron chi connectivity index (χ3n) is 6.93. The van der Waals surface area contributed by atoms with E-state index in [2.05, 4.69) is 38.2 Å². The zero-order valence-corrected chi connectivity index (χ0v) is 17.2. The van der Waals surface area contributed by atoms with E-state index in [9.17, 15) is 9.59 Å². The minimum atomic E-state index is -0.405. The van der Waals surface area contributed by atoms with Crippen molar-refractivity contribution in [3.63, 3.8) is 0 Å². The van der Waals surface area contributed by atoms with Crippen molar-refractivity contribution in [3.05, 3.63) is 33.8 Å². The van der Waals surface area contributed by atoms with Gasteiger partial charge in [0, 0.05) is 36.0 Å². The predicted molar refractivity (Wildman–Crippen MR) is 105 cm³/mol. The van der Waals surface area contributed by atoms with Crippen molar-refractivity contribution in [3.8, 4) is 0 Å². The van der Waals surface area contributed by atoms with Gasteiger partial charge in [0.15, 0.2) is 0 Å². The first-order valence-electron chi connectivity index (χ1n) is 9.34. The molecule has 1 aromatic carbocycles. The van der Waals surface area contributed by atoms with Crippen LogP contribution in [0.25, 0.3) is 0 Å². The molecule has 2 aliphatic rings. The fourth-order valence-corrected chi connectivity index (χ4v) is 5.25. The molecule has 1 spiro atoms. The quantitative estimate of drug-likeness (QED) is 0.817. The molecule has 26 heavy (non-hydrogen) atoms. The number of piperidine rings is 1. The number of benzene rings is 1. The fourth-order valence-electron chi connectivity index (χ4n) is 5.08. The van der Waals surface area contributed by atoms with E-state index in [0.717, 1.165) is 49.3 Å². The summed E-state index contributed by atoms with van der Waals surface area (Å²) in [5.74, 6) is -0.0206. The summed E-state index contributed by atoms with van der Waals surface area (Å²) < 4.78 is 0. The van der Waals surface area contributed by atoms with Crippen molar-refractivity contribution in [2.45, 2.75) is 70.3 Å². The maximum absolute atomic E-state index is 11.9. The average Bonchev–Trinajstić information content (AvgIpc) is 2.78. The van der Waals surface area contributed by atoms with Crippen molar-refractivity contribution in [2.24, 2.45) is 0 Å². The maximum Gasteiger partial charge on any atom is 0.217 e. The number of rotatable bonds is 3. The van der Waals surface area contributed by atoms with Crippen molar-refractivity contribution in [1.29, 1.82) is 0 Å². The summed E-state index contributed by atoms with van der Waals surface area (Å²) >= 11 is 6.51. The Hall–Kier alpha value is -1.55. The number of hydrogen-bond acceptors (Lipinski definition) is 2. The van der Waals surface area contributed by atoms with E-state index in [1.165, 1.54) is 11.1 Å². The SMILES string of the molecule is CC(=O)NC(C)(C)[C@]1(C)CC2(CCN(C=O)CC2)c2cc(C)c(Cl)cc21. The summed E-state index contributed by atoms with van der Waals surface area (Å²) in [6, 6.07) is 4.35. The number of halogens is 1. The van der Waals surface area contributed by atoms with Crippen LogP contribution in [0.4, 0.5) is 0 Å². The van der Waals surface area contributed by atoms with Gasteiger partial charge in [-0.2, -0.15) is 0 Å². The highest BCUT2D eigenvalue weighted by molar-refractivity contribution is 6.31. The highest BCUT2D eigenvalue weighted by atomic mass is 35.5. The molecule has 1 heterocycles. The summed E-state index contributed by atoms with van der Waals surface area (Å²) in [6.07, 6.45) is 3.81. The van der Waals surface area contributed by atoms with Gasteiger partial charge in [0.1, 0.15) is 0 Å². The number of likely N-dealkylation sites (tertiary alicyclic amines) is 1.